The molecule has 0 saturated heterocycles. The van der Waals surface area contributed by atoms with Crippen LogP contribution in [-0.2, 0) is 13.5 Å². The molecule has 1 heterocycles. The Morgan fingerprint density at radius 3 is 2.59 bits per heavy atom. The number of rotatable bonds is 8. The number of nitrogens with two attached hydrogens (primary N) is 1. The fraction of sp³-hybridized carbons (Fsp3) is 0.769. The van der Waals surface area contributed by atoms with Crippen LogP contribution in [0.1, 0.15) is 51.6 Å². The first-order valence-electron chi connectivity index (χ1n) is 6.64. The second kappa shape index (κ2) is 7.20. The van der Waals surface area contributed by atoms with Gasteiger partial charge >= 0.3 is 0 Å². The van der Waals surface area contributed by atoms with Crippen LogP contribution in [-0.4, -0.2) is 16.4 Å². The summed E-state index contributed by atoms with van der Waals surface area (Å²) in [5, 5.41) is 4.38. The third-order valence-corrected chi connectivity index (χ3v) is 2.83. The highest BCUT2D eigenvalue weighted by Crippen LogP contribution is 2.25. The van der Waals surface area contributed by atoms with E-state index in [1.54, 1.807) is 4.68 Å². The quantitative estimate of drug-likeness (QED) is 0.710. The minimum absolute atomic E-state index is 0.713. The van der Waals surface area contributed by atoms with Crippen LogP contribution in [0, 0.1) is 0 Å². The van der Waals surface area contributed by atoms with Gasteiger partial charge in [0.05, 0.1) is 12.3 Å². The van der Waals surface area contributed by atoms with E-state index in [-0.39, 0.29) is 0 Å². The van der Waals surface area contributed by atoms with Gasteiger partial charge in [-0.25, -0.2) is 4.68 Å². The summed E-state index contributed by atoms with van der Waals surface area (Å²) in [5.41, 5.74) is 7.69. The lowest BCUT2D eigenvalue weighted by Gasteiger charge is -2.06. The van der Waals surface area contributed by atoms with Crippen LogP contribution in [0.3, 0.4) is 0 Å². The van der Waals surface area contributed by atoms with Crippen LogP contribution in [0.25, 0.3) is 0 Å². The molecule has 4 heteroatoms. The molecule has 1 aromatic heterocycles. The number of nitrogens with zero attached hydrogens (tertiary/aromatic N) is 2. The lowest BCUT2D eigenvalue weighted by Crippen LogP contribution is -2.04. The molecule has 0 amide bonds. The van der Waals surface area contributed by atoms with E-state index < -0.39 is 0 Å². The summed E-state index contributed by atoms with van der Waals surface area (Å²) in [4.78, 5) is 0. The molecular formula is C13H25N3O. The van der Waals surface area contributed by atoms with Crippen molar-refractivity contribution in [1.82, 2.24) is 9.78 Å². The molecule has 1 aromatic rings. The Kier molecular flexibility index (Phi) is 5.87. The average Bonchev–Trinajstić information content (AvgIpc) is 2.56. The lowest BCUT2D eigenvalue weighted by molar-refractivity contribution is 0.281. The highest BCUT2D eigenvalue weighted by Gasteiger charge is 2.13. The van der Waals surface area contributed by atoms with Gasteiger partial charge in [-0.2, -0.15) is 5.10 Å². The van der Waals surface area contributed by atoms with E-state index in [9.17, 15) is 0 Å². The third kappa shape index (κ3) is 3.95. The topological polar surface area (TPSA) is 53.1 Å². The number of hydrogen-bond acceptors (Lipinski definition) is 3. The van der Waals surface area contributed by atoms with E-state index in [0.29, 0.717) is 5.69 Å². The van der Waals surface area contributed by atoms with E-state index in [1.807, 2.05) is 7.05 Å². The fourth-order valence-electron chi connectivity index (χ4n) is 1.87. The van der Waals surface area contributed by atoms with E-state index in [1.165, 1.54) is 19.3 Å². The largest absolute Gasteiger partial charge is 0.476 e. The molecule has 17 heavy (non-hydrogen) atoms. The van der Waals surface area contributed by atoms with Crippen molar-refractivity contribution in [2.45, 2.75) is 52.4 Å². The highest BCUT2D eigenvalue weighted by molar-refractivity contribution is 5.53. The maximum absolute atomic E-state index is 6.02. The Hall–Kier alpha value is -1.19. The fourth-order valence-corrected chi connectivity index (χ4v) is 1.87. The Bertz CT molecular complexity index is 334. The number of unbranched alkanes of at least 4 members (excludes halogenated alkanes) is 3. The van der Waals surface area contributed by atoms with Gasteiger partial charge in [-0.3, -0.25) is 0 Å². The summed E-state index contributed by atoms with van der Waals surface area (Å²) in [6, 6.07) is 0. The second-order valence-corrected chi connectivity index (χ2v) is 4.45. The second-order valence-electron chi connectivity index (χ2n) is 4.45. The van der Waals surface area contributed by atoms with Gasteiger partial charge in [0, 0.05) is 7.05 Å². The van der Waals surface area contributed by atoms with Crippen molar-refractivity contribution >= 4 is 5.69 Å². The molecule has 0 fully saturated rings. The lowest BCUT2D eigenvalue weighted by atomic mass is 10.2. The maximum atomic E-state index is 6.02. The molecule has 0 bridgehead atoms. The average molecular weight is 239 g/mol. The van der Waals surface area contributed by atoms with E-state index in [4.69, 9.17) is 10.5 Å². The van der Waals surface area contributed by atoms with Crippen LogP contribution in [0.4, 0.5) is 5.69 Å². The molecule has 1 rings (SSSR count). The Labute approximate surface area is 104 Å². The summed E-state index contributed by atoms with van der Waals surface area (Å²) in [6.07, 6.45) is 6.79. The van der Waals surface area contributed by atoms with Crippen molar-refractivity contribution in [1.29, 1.82) is 0 Å². The summed E-state index contributed by atoms with van der Waals surface area (Å²) < 4.78 is 7.47. The van der Waals surface area contributed by atoms with Crippen LogP contribution in [0.2, 0.25) is 0 Å². The van der Waals surface area contributed by atoms with Crippen molar-refractivity contribution in [3.05, 3.63) is 5.69 Å². The number of aromatic nitrogens is 2. The zero-order valence-electron chi connectivity index (χ0n) is 11.3. The molecule has 2 N–H and O–H groups in total. The minimum atomic E-state index is 0.713. The summed E-state index contributed by atoms with van der Waals surface area (Å²) in [6.45, 7) is 5.06. The van der Waals surface area contributed by atoms with Crippen LogP contribution in [0.15, 0.2) is 0 Å². The van der Waals surface area contributed by atoms with Crippen LogP contribution < -0.4 is 10.5 Å². The minimum Gasteiger partial charge on any atom is -0.476 e. The number of hydrogen-bond donors (Lipinski definition) is 1. The molecule has 0 aliphatic carbocycles. The van der Waals surface area contributed by atoms with E-state index in [2.05, 4.69) is 18.9 Å². The van der Waals surface area contributed by atoms with Gasteiger partial charge in [0.2, 0.25) is 5.88 Å². The van der Waals surface area contributed by atoms with Gasteiger partial charge in [0.1, 0.15) is 5.69 Å². The van der Waals surface area contributed by atoms with Gasteiger partial charge in [-0.1, -0.05) is 39.5 Å². The highest BCUT2D eigenvalue weighted by atomic mass is 16.5. The zero-order chi connectivity index (χ0) is 12.7. The van der Waals surface area contributed by atoms with Crippen molar-refractivity contribution < 1.29 is 4.74 Å². The molecule has 0 spiro atoms. The Morgan fingerprint density at radius 1 is 1.18 bits per heavy atom. The van der Waals surface area contributed by atoms with Crippen LogP contribution >= 0.6 is 0 Å². The van der Waals surface area contributed by atoms with Gasteiger partial charge < -0.3 is 10.5 Å². The summed E-state index contributed by atoms with van der Waals surface area (Å²) >= 11 is 0. The van der Waals surface area contributed by atoms with Crippen LogP contribution in [0.5, 0.6) is 5.88 Å². The summed E-state index contributed by atoms with van der Waals surface area (Å²) in [7, 11) is 1.89. The normalized spacial score (nSPS) is 10.8. The SMILES string of the molecule is CCCCCCOc1c(N)c(CCC)nn1C. The molecule has 0 saturated carbocycles. The molecular weight excluding hydrogens is 214 g/mol. The molecule has 0 unspecified atom stereocenters. The van der Waals surface area contributed by atoms with Gasteiger partial charge in [0.25, 0.3) is 0 Å². The first-order valence-corrected chi connectivity index (χ1v) is 6.64. The van der Waals surface area contributed by atoms with Gasteiger partial charge in [-0.05, 0) is 12.8 Å². The Balaban J connectivity index is 2.47. The molecule has 0 radical (unpaired) electrons. The smallest absolute Gasteiger partial charge is 0.235 e. The first kappa shape index (κ1) is 13.9. The number of anilines is 1. The van der Waals surface area contributed by atoms with Crippen molar-refractivity contribution in [2.75, 3.05) is 12.3 Å². The number of ether oxygens (including phenoxy) is 1. The predicted molar refractivity (Wildman–Crippen MR) is 71.3 cm³/mol. The molecule has 0 atom stereocenters. The van der Waals surface area contributed by atoms with E-state index >= 15 is 0 Å². The standard InChI is InChI=1S/C13H25N3O/c1-4-6-7-8-10-17-13-12(14)11(9-5-2)15-16(13)3/h4-10,14H2,1-3H3. The van der Waals surface area contributed by atoms with Crippen molar-refractivity contribution in [2.24, 2.45) is 7.05 Å². The first-order chi connectivity index (χ1) is 8.20. The monoisotopic (exact) mass is 239 g/mol. The molecule has 4 nitrogen and oxygen atoms in total. The molecule has 0 aromatic carbocycles. The number of nitrogen functional groups attached to an aromatic ring is 1. The maximum Gasteiger partial charge on any atom is 0.235 e. The molecule has 0 aliphatic rings. The van der Waals surface area contributed by atoms with Crippen molar-refractivity contribution in [3.63, 3.8) is 0 Å². The number of aryl methyl sites for hydroxylation is 2. The molecule has 98 valence electrons. The molecule has 0 aliphatic heterocycles. The Morgan fingerprint density at radius 2 is 1.94 bits per heavy atom. The van der Waals surface area contributed by atoms with Crippen molar-refractivity contribution in [3.8, 4) is 5.88 Å². The van der Waals surface area contributed by atoms with E-state index in [0.717, 1.165) is 37.4 Å². The summed E-state index contributed by atoms with van der Waals surface area (Å²) in [5.74, 6) is 0.727. The van der Waals surface area contributed by atoms with Gasteiger partial charge in [-0.15, -0.1) is 0 Å². The zero-order valence-corrected chi connectivity index (χ0v) is 11.3. The third-order valence-electron chi connectivity index (χ3n) is 2.83. The predicted octanol–water partition coefficient (Wildman–Crippen LogP) is 2.91. The van der Waals surface area contributed by atoms with Gasteiger partial charge in [0.15, 0.2) is 0 Å².